The van der Waals surface area contributed by atoms with Crippen molar-refractivity contribution in [1.82, 2.24) is 24.8 Å². The van der Waals surface area contributed by atoms with Gasteiger partial charge in [0.05, 0.1) is 5.52 Å². The molecule has 3 aromatic heterocycles. The van der Waals surface area contributed by atoms with Crippen molar-refractivity contribution in [1.29, 1.82) is 0 Å². The number of carbonyl (C=O) groups excluding carboxylic acids is 1. The number of piperidine rings is 1. The zero-order chi connectivity index (χ0) is 19.1. The molecular formula is C19H21N5O3. The summed E-state index contributed by atoms with van der Waals surface area (Å²) in [6.45, 7) is 4.75. The molecule has 0 atom stereocenters. The highest BCUT2D eigenvalue weighted by atomic mass is 16.3. The maximum Gasteiger partial charge on any atom is 0.325 e. The third-order valence-electron chi connectivity index (χ3n) is 5.22. The maximum absolute atomic E-state index is 12.9. The SMILES string of the molecule is Cc1cc(C)c(C(=O)N2CCC(c3ccnc4[nH]c(=O)[nH]c34)CC2)c(O)n1. The lowest BCUT2D eigenvalue weighted by atomic mass is 9.89. The Bertz CT molecular complexity index is 1050. The number of pyridine rings is 2. The molecule has 0 saturated carbocycles. The number of aromatic amines is 2. The Morgan fingerprint density at radius 1 is 1.26 bits per heavy atom. The number of likely N-dealkylation sites (tertiary alicyclic amines) is 1. The molecule has 3 N–H and O–H groups in total. The molecule has 27 heavy (non-hydrogen) atoms. The van der Waals surface area contributed by atoms with Crippen LogP contribution in [-0.2, 0) is 0 Å². The first-order valence-corrected chi connectivity index (χ1v) is 8.97. The second kappa shape index (κ2) is 6.53. The molecule has 0 aromatic carbocycles. The number of fused-ring (bicyclic) bond motifs is 1. The summed E-state index contributed by atoms with van der Waals surface area (Å²) in [6.07, 6.45) is 3.24. The van der Waals surface area contributed by atoms with Crippen LogP contribution in [0.15, 0.2) is 23.1 Å². The highest BCUT2D eigenvalue weighted by Gasteiger charge is 2.28. The number of aromatic nitrogens is 4. The summed E-state index contributed by atoms with van der Waals surface area (Å²) < 4.78 is 0. The van der Waals surface area contributed by atoms with Crippen molar-refractivity contribution in [3.63, 3.8) is 0 Å². The Hall–Kier alpha value is -3.16. The largest absolute Gasteiger partial charge is 0.493 e. The van der Waals surface area contributed by atoms with Crippen LogP contribution in [0, 0.1) is 13.8 Å². The summed E-state index contributed by atoms with van der Waals surface area (Å²) in [6, 6.07) is 3.73. The van der Waals surface area contributed by atoms with Crippen LogP contribution < -0.4 is 5.69 Å². The Kier molecular flexibility index (Phi) is 4.18. The Morgan fingerprint density at radius 2 is 2.00 bits per heavy atom. The summed E-state index contributed by atoms with van der Waals surface area (Å²) in [5, 5.41) is 10.1. The number of aromatic hydroxyl groups is 1. The molecule has 4 heterocycles. The van der Waals surface area contributed by atoms with Gasteiger partial charge in [-0.05, 0) is 55.9 Å². The van der Waals surface area contributed by atoms with Crippen molar-refractivity contribution >= 4 is 17.1 Å². The van der Waals surface area contributed by atoms with Crippen LogP contribution in [0.2, 0.25) is 0 Å². The fourth-order valence-electron chi connectivity index (χ4n) is 3.93. The van der Waals surface area contributed by atoms with Crippen molar-refractivity contribution in [3.8, 4) is 5.88 Å². The molecular weight excluding hydrogens is 346 g/mol. The number of rotatable bonds is 2. The standard InChI is InChI=1S/C19H21N5O3/c1-10-9-11(2)21-17(25)14(10)18(26)24-7-4-12(5-8-24)13-3-6-20-16-15(13)22-19(27)23-16/h3,6,9,12H,4-5,7-8H2,1-2H3,(H,21,25)(H2,20,22,23,27). The first-order valence-electron chi connectivity index (χ1n) is 8.97. The molecule has 0 radical (unpaired) electrons. The maximum atomic E-state index is 12.9. The number of nitrogens with zero attached hydrogens (tertiary/aromatic N) is 3. The van der Waals surface area contributed by atoms with Crippen LogP contribution in [0.1, 0.15) is 45.9 Å². The van der Waals surface area contributed by atoms with E-state index in [0.29, 0.717) is 24.4 Å². The van der Waals surface area contributed by atoms with Crippen molar-refractivity contribution in [2.24, 2.45) is 0 Å². The predicted molar refractivity (Wildman–Crippen MR) is 100.0 cm³/mol. The highest BCUT2D eigenvalue weighted by molar-refractivity contribution is 5.97. The molecule has 1 fully saturated rings. The topological polar surface area (TPSA) is 115 Å². The van der Waals surface area contributed by atoms with Gasteiger partial charge in [0, 0.05) is 25.0 Å². The number of carbonyl (C=O) groups is 1. The van der Waals surface area contributed by atoms with Gasteiger partial charge in [-0.15, -0.1) is 0 Å². The van der Waals surface area contributed by atoms with Gasteiger partial charge in [-0.1, -0.05) is 0 Å². The fraction of sp³-hybridized carbons (Fsp3) is 0.368. The van der Waals surface area contributed by atoms with Crippen LogP contribution in [0.25, 0.3) is 11.2 Å². The molecule has 4 rings (SSSR count). The van der Waals surface area contributed by atoms with E-state index in [0.717, 1.165) is 29.5 Å². The van der Waals surface area contributed by atoms with Crippen LogP contribution in [0.5, 0.6) is 5.88 Å². The smallest absolute Gasteiger partial charge is 0.325 e. The minimum Gasteiger partial charge on any atom is -0.493 e. The van der Waals surface area contributed by atoms with E-state index in [1.807, 2.05) is 13.0 Å². The number of imidazole rings is 1. The normalized spacial score (nSPS) is 15.4. The molecule has 3 aromatic rings. The Labute approximate surface area is 155 Å². The number of nitrogens with one attached hydrogen (secondary N) is 2. The van der Waals surface area contributed by atoms with E-state index >= 15 is 0 Å². The first-order chi connectivity index (χ1) is 12.9. The van der Waals surface area contributed by atoms with Gasteiger partial charge in [-0.3, -0.25) is 9.78 Å². The van der Waals surface area contributed by atoms with E-state index in [9.17, 15) is 14.7 Å². The fourth-order valence-corrected chi connectivity index (χ4v) is 3.93. The second-order valence-electron chi connectivity index (χ2n) is 7.05. The van der Waals surface area contributed by atoms with Gasteiger partial charge in [0.15, 0.2) is 5.65 Å². The molecule has 0 aliphatic carbocycles. The molecule has 0 unspecified atom stereocenters. The van der Waals surface area contributed by atoms with E-state index < -0.39 is 0 Å². The number of amides is 1. The highest BCUT2D eigenvalue weighted by Crippen LogP contribution is 2.32. The zero-order valence-electron chi connectivity index (χ0n) is 15.2. The van der Waals surface area contributed by atoms with E-state index in [2.05, 4.69) is 19.9 Å². The average Bonchev–Trinajstić information content (AvgIpc) is 3.01. The predicted octanol–water partition coefficient (Wildman–Crippen LogP) is 1.99. The molecule has 1 aliphatic heterocycles. The summed E-state index contributed by atoms with van der Waals surface area (Å²) in [4.78, 5) is 39.9. The lowest BCUT2D eigenvalue weighted by Gasteiger charge is -2.32. The van der Waals surface area contributed by atoms with Crippen LogP contribution in [0.3, 0.4) is 0 Å². The van der Waals surface area contributed by atoms with Gasteiger partial charge in [0.1, 0.15) is 5.56 Å². The van der Waals surface area contributed by atoms with Crippen molar-refractivity contribution in [2.45, 2.75) is 32.6 Å². The van der Waals surface area contributed by atoms with Crippen LogP contribution in [0.4, 0.5) is 0 Å². The van der Waals surface area contributed by atoms with Crippen molar-refractivity contribution < 1.29 is 9.90 Å². The number of hydrogen-bond acceptors (Lipinski definition) is 5. The van der Waals surface area contributed by atoms with Gasteiger partial charge in [0.25, 0.3) is 5.91 Å². The lowest BCUT2D eigenvalue weighted by Crippen LogP contribution is -2.38. The quantitative estimate of drug-likeness (QED) is 0.641. The Balaban J connectivity index is 1.54. The molecule has 8 nitrogen and oxygen atoms in total. The number of hydrogen-bond donors (Lipinski definition) is 3. The molecule has 1 saturated heterocycles. The summed E-state index contributed by atoms with van der Waals surface area (Å²) in [5.41, 5.74) is 3.76. The first kappa shape index (κ1) is 17.3. The van der Waals surface area contributed by atoms with E-state index in [-0.39, 0.29) is 29.0 Å². The van der Waals surface area contributed by atoms with Gasteiger partial charge in [0.2, 0.25) is 5.88 Å². The number of aryl methyl sites for hydroxylation is 2. The monoisotopic (exact) mass is 367 g/mol. The minimum absolute atomic E-state index is 0.189. The molecule has 140 valence electrons. The number of H-pyrrole nitrogens is 2. The molecule has 1 aliphatic rings. The third-order valence-corrected chi connectivity index (χ3v) is 5.22. The van der Waals surface area contributed by atoms with Crippen molar-refractivity contribution in [3.05, 3.63) is 51.2 Å². The molecule has 8 heteroatoms. The van der Waals surface area contributed by atoms with Gasteiger partial charge < -0.3 is 15.0 Å². The zero-order valence-corrected chi connectivity index (χ0v) is 15.2. The Morgan fingerprint density at radius 3 is 2.70 bits per heavy atom. The average molecular weight is 367 g/mol. The summed E-state index contributed by atoms with van der Waals surface area (Å²) >= 11 is 0. The van der Waals surface area contributed by atoms with Gasteiger partial charge >= 0.3 is 5.69 Å². The van der Waals surface area contributed by atoms with Crippen LogP contribution in [-0.4, -0.2) is 48.9 Å². The lowest BCUT2D eigenvalue weighted by molar-refractivity contribution is 0.0708. The summed E-state index contributed by atoms with van der Waals surface area (Å²) in [7, 11) is 0. The van der Waals surface area contributed by atoms with E-state index in [1.165, 1.54) is 0 Å². The van der Waals surface area contributed by atoms with E-state index in [4.69, 9.17) is 0 Å². The summed E-state index contributed by atoms with van der Waals surface area (Å²) in [5.74, 6) is -0.164. The molecule has 1 amide bonds. The molecule has 0 bridgehead atoms. The minimum atomic E-state index is -0.268. The van der Waals surface area contributed by atoms with Gasteiger partial charge in [-0.2, -0.15) is 0 Å². The molecule has 0 spiro atoms. The van der Waals surface area contributed by atoms with E-state index in [1.54, 1.807) is 24.1 Å². The third kappa shape index (κ3) is 3.07. The van der Waals surface area contributed by atoms with Crippen LogP contribution >= 0.6 is 0 Å². The van der Waals surface area contributed by atoms with Gasteiger partial charge in [-0.25, -0.2) is 14.8 Å². The van der Waals surface area contributed by atoms with Crippen molar-refractivity contribution in [2.75, 3.05) is 13.1 Å². The second-order valence-corrected chi connectivity index (χ2v) is 7.05.